The normalized spacial score (nSPS) is 29.9. The summed E-state index contributed by atoms with van der Waals surface area (Å²) < 4.78 is 5.24. The minimum atomic E-state index is -0.298. The second-order valence-electron chi connectivity index (χ2n) is 3.81. The zero-order valence-electron chi connectivity index (χ0n) is 7.61. The molecule has 0 bridgehead atoms. The van der Waals surface area contributed by atoms with Crippen LogP contribution in [0.2, 0.25) is 0 Å². The van der Waals surface area contributed by atoms with Crippen LogP contribution in [0.3, 0.4) is 0 Å². The second kappa shape index (κ2) is 3.64. The number of rotatable bonds is 1. The van der Waals surface area contributed by atoms with Crippen LogP contribution in [0.5, 0.6) is 0 Å². The molecule has 0 aromatic rings. The highest BCUT2D eigenvalue weighted by Crippen LogP contribution is 2.19. The average molecular weight is 185 g/mol. The van der Waals surface area contributed by atoms with Crippen LogP contribution in [-0.4, -0.2) is 48.3 Å². The molecular formula is C9H15NO3. The number of aliphatic hydroxyl groups is 1. The Morgan fingerprint density at radius 3 is 2.77 bits per heavy atom. The van der Waals surface area contributed by atoms with E-state index in [9.17, 15) is 4.79 Å². The van der Waals surface area contributed by atoms with Gasteiger partial charge in [0, 0.05) is 19.7 Å². The minimum Gasteiger partial charge on any atom is -0.389 e. The number of hydrogen-bond acceptors (Lipinski definition) is 3. The molecule has 0 spiro atoms. The number of likely N-dealkylation sites (tertiary alicyclic amines) is 1. The SMILES string of the molecule is O=C(C1CCCOC1)N1CC(O)C1. The molecule has 1 amide bonds. The van der Waals surface area contributed by atoms with E-state index in [0.29, 0.717) is 19.7 Å². The lowest BCUT2D eigenvalue weighted by Crippen LogP contribution is -2.56. The topological polar surface area (TPSA) is 49.8 Å². The Morgan fingerprint density at radius 2 is 2.23 bits per heavy atom. The Morgan fingerprint density at radius 1 is 1.46 bits per heavy atom. The van der Waals surface area contributed by atoms with E-state index in [-0.39, 0.29) is 17.9 Å². The van der Waals surface area contributed by atoms with Crippen molar-refractivity contribution in [2.75, 3.05) is 26.3 Å². The Bertz CT molecular complexity index is 195. The third-order valence-electron chi connectivity index (χ3n) is 2.68. The molecule has 2 fully saturated rings. The number of nitrogens with zero attached hydrogens (tertiary/aromatic N) is 1. The fraction of sp³-hybridized carbons (Fsp3) is 0.889. The first-order chi connectivity index (χ1) is 6.27. The lowest BCUT2D eigenvalue weighted by molar-refractivity contribution is -0.149. The smallest absolute Gasteiger partial charge is 0.228 e. The maximum atomic E-state index is 11.7. The molecule has 0 saturated carbocycles. The van der Waals surface area contributed by atoms with Gasteiger partial charge in [-0.3, -0.25) is 4.79 Å². The first-order valence-electron chi connectivity index (χ1n) is 4.82. The molecule has 0 aromatic carbocycles. The third kappa shape index (κ3) is 1.84. The number of carbonyl (C=O) groups excluding carboxylic acids is 1. The highest BCUT2D eigenvalue weighted by atomic mass is 16.5. The number of amides is 1. The van der Waals surface area contributed by atoms with E-state index in [0.717, 1.165) is 19.4 Å². The van der Waals surface area contributed by atoms with E-state index < -0.39 is 0 Å². The van der Waals surface area contributed by atoms with Gasteiger partial charge in [0.2, 0.25) is 5.91 Å². The molecule has 0 aliphatic carbocycles. The van der Waals surface area contributed by atoms with Crippen molar-refractivity contribution in [3.63, 3.8) is 0 Å². The molecule has 4 nitrogen and oxygen atoms in total. The monoisotopic (exact) mass is 185 g/mol. The molecule has 1 unspecified atom stereocenters. The maximum absolute atomic E-state index is 11.7. The van der Waals surface area contributed by atoms with E-state index in [4.69, 9.17) is 9.84 Å². The van der Waals surface area contributed by atoms with Gasteiger partial charge in [-0.25, -0.2) is 0 Å². The van der Waals surface area contributed by atoms with Gasteiger partial charge in [-0.2, -0.15) is 0 Å². The number of aliphatic hydroxyl groups excluding tert-OH is 1. The number of β-amino-alcohol motifs (C(OH)–C–C–N with tert-alkyl or cyclic N) is 1. The molecule has 2 rings (SSSR count). The summed E-state index contributed by atoms with van der Waals surface area (Å²) in [5, 5.41) is 9.04. The molecule has 1 atom stereocenters. The Hall–Kier alpha value is -0.610. The van der Waals surface area contributed by atoms with Crippen LogP contribution in [0.1, 0.15) is 12.8 Å². The second-order valence-corrected chi connectivity index (χ2v) is 3.81. The maximum Gasteiger partial charge on any atom is 0.228 e. The van der Waals surface area contributed by atoms with Crippen molar-refractivity contribution < 1.29 is 14.6 Å². The summed E-state index contributed by atoms with van der Waals surface area (Å²) in [5.74, 6) is 0.200. The Kier molecular flexibility index (Phi) is 2.51. The van der Waals surface area contributed by atoms with Crippen molar-refractivity contribution in [2.24, 2.45) is 5.92 Å². The molecular weight excluding hydrogens is 170 g/mol. The summed E-state index contributed by atoms with van der Waals surface area (Å²) in [6.07, 6.45) is 1.62. The molecule has 0 radical (unpaired) electrons. The van der Waals surface area contributed by atoms with Gasteiger partial charge < -0.3 is 14.7 Å². The van der Waals surface area contributed by atoms with E-state index in [2.05, 4.69) is 0 Å². The molecule has 13 heavy (non-hydrogen) atoms. The van der Waals surface area contributed by atoms with Gasteiger partial charge in [-0.05, 0) is 12.8 Å². The molecule has 2 saturated heterocycles. The van der Waals surface area contributed by atoms with Crippen LogP contribution >= 0.6 is 0 Å². The standard InChI is InChI=1S/C9H15NO3/c11-8-4-10(5-8)9(12)7-2-1-3-13-6-7/h7-8,11H,1-6H2. The van der Waals surface area contributed by atoms with Crippen LogP contribution in [-0.2, 0) is 9.53 Å². The van der Waals surface area contributed by atoms with Crippen molar-refractivity contribution in [3.8, 4) is 0 Å². The first kappa shape index (κ1) is 8.97. The van der Waals surface area contributed by atoms with Crippen LogP contribution in [0, 0.1) is 5.92 Å². The van der Waals surface area contributed by atoms with Gasteiger partial charge in [0.15, 0.2) is 0 Å². The van der Waals surface area contributed by atoms with Gasteiger partial charge in [0.05, 0.1) is 18.6 Å². The summed E-state index contributed by atoms with van der Waals surface area (Å²) in [4.78, 5) is 13.4. The zero-order chi connectivity index (χ0) is 9.26. The Labute approximate surface area is 77.5 Å². The number of ether oxygens (including phenoxy) is 1. The third-order valence-corrected chi connectivity index (χ3v) is 2.68. The highest BCUT2D eigenvalue weighted by Gasteiger charge is 2.33. The first-order valence-corrected chi connectivity index (χ1v) is 4.82. The van der Waals surface area contributed by atoms with Crippen molar-refractivity contribution >= 4 is 5.91 Å². The van der Waals surface area contributed by atoms with E-state index in [1.807, 2.05) is 0 Å². The molecule has 1 N–H and O–H groups in total. The summed E-state index contributed by atoms with van der Waals surface area (Å²) in [6, 6.07) is 0. The highest BCUT2D eigenvalue weighted by molar-refractivity contribution is 5.79. The average Bonchev–Trinajstić information content (AvgIpc) is 2.13. The van der Waals surface area contributed by atoms with Gasteiger partial charge >= 0.3 is 0 Å². The Balaban J connectivity index is 1.82. The van der Waals surface area contributed by atoms with E-state index >= 15 is 0 Å². The molecule has 2 aliphatic rings. The fourth-order valence-electron chi connectivity index (χ4n) is 1.83. The summed E-state index contributed by atoms with van der Waals surface area (Å²) >= 11 is 0. The lowest BCUT2D eigenvalue weighted by Gasteiger charge is -2.38. The molecule has 0 aromatic heterocycles. The summed E-state index contributed by atoms with van der Waals surface area (Å²) in [7, 11) is 0. The molecule has 2 aliphatic heterocycles. The summed E-state index contributed by atoms with van der Waals surface area (Å²) in [6.45, 7) is 2.36. The van der Waals surface area contributed by atoms with Gasteiger partial charge in [-0.1, -0.05) is 0 Å². The van der Waals surface area contributed by atoms with Crippen LogP contribution in [0.25, 0.3) is 0 Å². The number of hydrogen-bond donors (Lipinski definition) is 1. The largest absolute Gasteiger partial charge is 0.389 e. The zero-order valence-corrected chi connectivity index (χ0v) is 7.61. The van der Waals surface area contributed by atoms with Crippen molar-refractivity contribution in [2.45, 2.75) is 18.9 Å². The number of carbonyl (C=O) groups is 1. The van der Waals surface area contributed by atoms with Crippen LogP contribution in [0.15, 0.2) is 0 Å². The van der Waals surface area contributed by atoms with Crippen LogP contribution < -0.4 is 0 Å². The van der Waals surface area contributed by atoms with Gasteiger partial charge in [0.1, 0.15) is 0 Å². The van der Waals surface area contributed by atoms with E-state index in [1.54, 1.807) is 4.90 Å². The van der Waals surface area contributed by atoms with Crippen molar-refractivity contribution in [3.05, 3.63) is 0 Å². The van der Waals surface area contributed by atoms with Crippen LogP contribution in [0.4, 0.5) is 0 Å². The predicted octanol–water partition coefficient (Wildman–Crippen LogP) is -0.384. The van der Waals surface area contributed by atoms with Crippen molar-refractivity contribution in [1.82, 2.24) is 4.90 Å². The predicted molar refractivity (Wildman–Crippen MR) is 46.1 cm³/mol. The minimum absolute atomic E-state index is 0.0428. The van der Waals surface area contributed by atoms with Gasteiger partial charge in [0.25, 0.3) is 0 Å². The van der Waals surface area contributed by atoms with Crippen molar-refractivity contribution in [1.29, 1.82) is 0 Å². The molecule has 74 valence electrons. The molecule has 4 heteroatoms. The lowest BCUT2D eigenvalue weighted by atomic mass is 9.98. The quantitative estimate of drug-likeness (QED) is 0.605. The fourth-order valence-corrected chi connectivity index (χ4v) is 1.83. The van der Waals surface area contributed by atoms with E-state index in [1.165, 1.54) is 0 Å². The van der Waals surface area contributed by atoms with Gasteiger partial charge in [-0.15, -0.1) is 0 Å². The summed E-state index contributed by atoms with van der Waals surface area (Å²) in [5.41, 5.74) is 0. The molecule has 2 heterocycles.